The maximum atomic E-state index is 14.0. The third-order valence-corrected chi connectivity index (χ3v) is 8.07. The van der Waals surface area contributed by atoms with Gasteiger partial charge in [0.05, 0.1) is 28.0 Å². The first-order valence-corrected chi connectivity index (χ1v) is 14.3. The topological polar surface area (TPSA) is 172 Å². The molecule has 1 atom stereocenters. The molecule has 0 radical (unpaired) electrons. The molecule has 45 heavy (non-hydrogen) atoms. The molecule has 1 heterocycles. The highest BCUT2D eigenvalue weighted by molar-refractivity contribution is 5.99. The number of benzene rings is 2. The molecule has 1 unspecified atom stereocenters. The second-order valence-corrected chi connectivity index (χ2v) is 12.1. The Labute approximate surface area is 255 Å². The fourth-order valence-electron chi connectivity index (χ4n) is 5.99. The lowest BCUT2D eigenvalue weighted by molar-refractivity contribution is -0.384. The maximum Gasteiger partial charge on any atom is 0.514 e. The smallest absolute Gasteiger partial charge is 0.431 e. The molecule has 5 rings (SSSR count). The van der Waals surface area contributed by atoms with E-state index in [-0.39, 0.29) is 52.8 Å². The molecule has 240 valence electrons. The number of nitrogens with one attached hydrogen (secondary N) is 1. The molecule has 1 saturated carbocycles. The van der Waals surface area contributed by atoms with E-state index in [2.05, 4.69) is 10.4 Å². The summed E-state index contributed by atoms with van der Waals surface area (Å²) in [6.45, 7) is 3.73. The van der Waals surface area contributed by atoms with Crippen LogP contribution < -0.4 is 15.8 Å². The number of hydrogen-bond donors (Lipinski definition) is 3. The number of anilines is 1. The number of aliphatic hydroxyl groups is 1. The Hall–Kier alpha value is -4.66. The number of rotatable bonds is 7. The molecule has 2 aliphatic carbocycles. The lowest BCUT2D eigenvalue weighted by Crippen LogP contribution is -2.32. The largest absolute Gasteiger partial charge is 0.514 e. The first kappa shape index (κ1) is 31.8. The average Bonchev–Trinajstić information content (AvgIpc) is 3.33. The van der Waals surface area contributed by atoms with Crippen molar-refractivity contribution in [3.05, 3.63) is 75.1 Å². The molecule has 0 aliphatic heterocycles. The number of nitrogens with zero attached hydrogens (tertiary/aromatic N) is 3. The van der Waals surface area contributed by atoms with E-state index in [1.807, 2.05) is 13.8 Å². The fourth-order valence-corrected chi connectivity index (χ4v) is 5.99. The van der Waals surface area contributed by atoms with Gasteiger partial charge in [-0.1, -0.05) is 13.8 Å². The molecule has 3 aromatic rings. The van der Waals surface area contributed by atoms with Gasteiger partial charge in [0.25, 0.3) is 11.6 Å². The van der Waals surface area contributed by atoms with Gasteiger partial charge in [0, 0.05) is 29.4 Å². The summed E-state index contributed by atoms with van der Waals surface area (Å²) < 4.78 is 53.6. The normalized spacial score (nSPS) is 21.0. The molecule has 1 amide bonds. The van der Waals surface area contributed by atoms with Gasteiger partial charge in [0.2, 0.25) is 0 Å². The van der Waals surface area contributed by atoms with Gasteiger partial charge in [-0.2, -0.15) is 18.3 Å². The number of ether oxygens (including phenoxy) is 2. The minimum Gasteiger partial charge on any atom is -0.431 e. The highest BCUT2D eigenvalue weighted by Crippen LogP contribution is 2.46. The van der Waals surface area contributed by atoms with E-state index in [1.54, 1.807) is 0 Å². The Morgan fingerprint density at radius 1 is 1.13 bits per heavy atom. The van der Waals surface area contributed by atoms with E-state index < -0.39 is 46.5 Å². The number of aromatic nitrogens is 2. The van der Waals surface area contributed by atoms with Crippen molar-refractivity contribution in [2.45, 2.75) is 76.8 Å². The number of amides is 1. The lowest BCUT2D eigenvalue weighted by Gasteiger charge is -2.33. The second-order valence-electron chi connectivity index (χ2n) is 12.1. The van der Waals surface area contributed by atoms with Gasteiger partial charge in [0.15, 0.2) is 5.69 Å². The number of alkyl halides is 3. The van der Waals surface area contributed by atoms with E-state index in [4.69, 9.17) is 15.2 Å². The van der Waals surface area contributed by atoms with E-state index >= 15 is 0 Å². The molecule has 2 aliphatic rings. The highest BCUT2D eigenvalue weighted by atomic mass is 19.4. The van der Waals surface area contributed by atoms with Crippen LogP contribution in [0.2, 0.25) is 0 Å². The summed E-state index contributed by atoms with van der Waals surface area (Å²) in [6.07, 6.45) is -5.16. The second kappa shape index (κ2) is 12.0. The Kier molecular flexibility index (Phi) is 8.49. The van der Waals surface area contributed by atoms with Crippen LogP contribution in [0, 0.1) is 15.5 Å². The van der Waals surface area contributed by atoms with Gasteiger partial charge in [0.1, 0.15) is 11.9 Å². The van der Waals surface area contributed by atoms with Gasteiger partial charge >= 0.3 is 12.3 Å². The number of primary amides is 1. The zero-order valence-corrected chi connectivity index (χ0v) is 24.5. The van der Waals surface area contributed by atoms with E-state index in [0.29, 0.717) is 31.4 Å². The predicted molar refractivity (Wildman–Crippen MR) is 154 cm³/mol. The van der Waals surface area contributed by atoms with E-state index in [1.165, 1.54) is 47.1 Å². The third kappa shape index (κ3) is 7.03. The number of halogens is 3. The minimum atomic E-state index is -4.78. The first-order valence-electron chi connectivity index (χ1n) is 14.3. The number of aliphatic hydroxyl groups excluding tert-OH is 1. The number of nitro benzene ring substituents is 1. The lowest BCUT2D eigenvalue weighted by atomic mass is 9.74. The molecule has 0 saturated heterocycles. The molecule has 4 N–H and O–H groups in total. The van der Waals surface area contributed by atoms with Gasteiger partial charge in [-0.05, 0) is 74.3 Å². The average molecular weight is 632 g/mol. The van der Waals surface area contributed by atoms with Crippen LogP contribution >= 0.6 is 0 Å². The number of carbonyl (C=O) groups excluding carboxylic acids is 2. The summed E-state index contributed by atoms with van der Waals surface area (Å²) in [4.78, 5) is 34.7. The Balaban J connectivity index is 1.30. The van der Waals surface area contributed by atoms with Crippen LogP contribution in [-0.2, 0) is 17.3 Å². The molecular weight excluding hydrogens is 599 g/mol. The Bertz CT molecular complexity index is 1610. The van der Waals surface area contributed by atoms with E-state index in [9.17, 15) is 38.0 Å². The van der Waals surface area contributed by atoms with Crippen LogP contribution in [0.5, 0.6) is 5.75 Å². The monoisotopic (exact) mass is 631 g/mol. The first-order chi connectivity index (χ1) is 21.1. The van der Waals surface area contributed by atoms with Crippen molar-refractivity contribution in [2.75, 3.05) is 5.32 Å². The molecule has 0 spiro atoms. The number of carbonyl (C=O) groups is 2. The number of nitro groups is 1. The Morgan fingerprint density at radius 2 is 1.80 bits per heavy atom. The van der Waals surface area contributed by atoms with Gasteiger partial charge < -0.3 is 25.6 Å². The summed E-state index contributed by atoms with van der Waals surface area (Å²) in [5.41, 5.74) is 4.59. The molecule has 15 heteroatoms. The molecule has 12 nitrogen and oxygen atoms in total. The van der Waals surface area contributed by atoms with Crippen molar-refractivity contribution in [1.82, 2.24) is 9.78 Å². The van der Waals surface area contributed by atoms with Gasteiger partial charge in [-0.3, -0.25) is 14.9 Å². The number of nitrogens with two attached hydrogens (primary N) is 1. The molecular formula is C30H32F3N5O7. The number of fused-ring (bicyclic) bond motifs is 1. The van der Waals surface area contributed by atoms with Crippen molar-refractivity contribution >= 4 is 23.4 Å². The minimum absolute atomic E-state index is 0.0960. The predicted octanol–water partition coefficient (Wildman–Crippen LogP) is 5.84. The summed E-state index contributed by atoms with van der Waals surface area (Å²) >= 11 is 0. The van der Waals surface area contributed by atoms with Crippen LogP contribution in [0.15, 0.2) is 42.5 Å². The summed E-state index contributed by atoms with van der Waals surface area (Å²) in [7, 11) is 0. The molecule has 1 aromatic heterocycles. The van der Waals surface area contributed by atoms with Crippen molar-refractivity contribution in [3.63, 3.8) is 0 Å². The van der Waals surface area contributed by atoms with Crippen molar-refractivity contribution in [3.8, 4) is 11.4 Å². The molecule has 1 fully saturated rings. The summed E-state index contributed by atoms with van der Waals surface area (Å²) in [6, 6.07) is 9.22. The fraction of sp³-hybridized carbons (Fsp3) is 0.433. The SMILES string of the molecule is CC1(C)Cc2c(c(C(F)(F)F)nn2-c2ccc(C(N)=O)c(NC3CCC(OC(=O)Oc4ccc([N+](=O)[O-])cc4)CC3)c2)C(O)C1. The van der Waals surface area contributed by atoms with Crippen molar-refractivity contribution in [1.29, 1.82) is 0 Å². The van der Waals surface area contributed by atoms with Crippen molar-refractivity contribution < 1.29 is 42.3 Å². The van der Waals surface area contributed by atoms with Crippen molar-refractivity contribution in [2.24, 2.45) is 11.1 Å². The van der Waals surface area contributed by atoms with Crippen LogP contribution in [0.3, 0.4) is 0 Å². The standard InChI is InChI=1S/C30H32F3N5O7/c1-29(2)14-23-25(24(39)15-29)26(30(31,32)33)36-37(23)18-7-12-21(27(34)40)22(13-18)35-16-3-8-19(9-4-16)44-28(41)45-20-10-5-17(6-11-20)38(42)43/h5-7,10-13,16,19,24,35,39H,3-4,8-9,14-15H2,1-2H3,(H2,34,40). The van der Waals surface area contributed by atoms with Crippen LogP contribution in [0.1, 0.15) is 79.4 Å². The highest BCUT2D eigenvalue weighted by Gasteiger charge is 2.45. The molecule has 0 bridgehead atoms. The zero-order valence-electron chi connectivity index (χ0n) is 24.5. The number of hydrogen-bond acceptors (Lipinski definition) is 9. The van der Waals surface area contributed by atoms with E-state index in [0.717, 1.165) is 0 Å². The van der Waals surface area contributed by atoms with Crippen LogP contribution in [-0.4, -0.2) is 44.0 Å². The Morgan fingerprint density at radius 3 is 2.40 bits per heavy atom. The third-order valence-electron chi connectivity index (χ3n) is 8.07. The summed E-state index contributed by atoms with van der Waals surface area (Å²) in [5, 5.41) is 28.6. The quantitative estimate of drug-likeness (QED) is 0.125. The van der Waals surface area contributed by atoms with Gasteiger partial charge in [-0.15, -0.1) is 0 Å². The maximum absolute atomic E-state index is 14.0. The van der Waals surface area contributed by atoms with Crippen LogP contribution in [0.4, 0.5) is 29.3 Å². The number of non-ortho nitro benzene ring substituents is 1. The zero-order chi connectivity index (χ0) is 32.7. The molecule has 2 aromatic carbocycles. The summed E-state index contributed by atoms with van der Waals surface area (Å²) in [5.74, 6) is -0.635. The van der Waals surface area contributed by atoms with Gasteiger partial charge in [-0.25, -0.2) is 9.48 Å². The van der Waals surface area contributed by atoms with Crippen LogP contribution in [0.25, 0.3) is 5.69 Å².